The molecule has 2 heterocycles. The Bertz CT molecular complexity index is 938. The van der Waals surface area contributed by atoms with Crippen molar-refractivity contribution >= 4 is 17.6 Å². The molecule has 1 saturated heterocycles. The molecule has 7 nitrogen and oxygen atoms in total. The normalized spacial score (nSPS) is 15.2. The lowest BCUT2D eigenvalue weighted by Gasteiger charge is -2.28. The van der Waals surface area contributed by atoms with Gasteiger partial charge in [-0.05, 0) is 30.0 Å². The number of aromatic nitrogens is 1. The number of carbonyl (C=O) groups is 2. The molecule has 1 fully saturated rings. The van der Waals surface area contributed by atoms with E-state index in [-0.39, 0.29) is 17.7 Å². The summed E-state index contributed by atoms with van der Waals surface area (Å²) in [5, 5.41) is 12.3. The fraction of sp³-hybridized carbons (Fsp3) is 0.417. The zero-order valence-corrected chi connectivity index (χ0v) is 18.1. The Morgan fingerprint density at radius 2 is 1.87 bits per heavy atom. The van der Waals surface area contributed by atoms with Crippen LogP contribution in [0.15, 0.2) is 48.7 Å². The first kappa shape index (κ1) is 22.3. The number of carbonyl (C=O) groups excluding carboxylic acids is 2. The van der Waals surface area contributed by atoms with Gasteiger partial charge in [0.25, 0.3) is 0 Å². The van der Waals surface area contributed by atoms with E-state index in [1.807, 2.05) is 49.1 Å². The predicted molar refractivity (Wildman–Crippen MR) is 119 cm³/mol. The minimum Gasteiger partial charge on any atom is -0.354 e. The lowest BCUT2D eigenvalue weighted by Crippen LogP contribution is -2.44. The minimum atomic E-state index is -0.705. The van der Waals surface area contributed by atoms with Crippen LogP contribution in [0.5, 0.6) is 0 Å². The zero-order valence-electron chi connectivity index (χ0n) is 18.1. The number of anilines is 1. The van der Waals surface area contributed by atoms with Crippen molar-refractivity contribution < 1.29 is 9.59 Å². The van der Waals surface area contributed by atoms with E-state index in [1.165, 1.54) is 0 Å². The van der Waals surface area contributed by atoms with E-state index >= 15 is 0 Å². The smallest absolute Gasteiger partial charge is 0.249 e. The van der Waals surface area contributed by atoms with Crippen molar-refractivity contribution in [1.82, 2.24) is 15.2 Å². The first-order chi connectivity index (χ1) is 15.0. The molecule has 0 radical (unpaired) electrons. The Hall–Kier alpha value is -3.40. The third-order valence-corrected chi connectivity index (χ3v) is 5.29. The van der Waals surface area contributed by atoms with Gasteiger partial charge in [0.1, 0.15) is 17.9 Å². The number of nitrogens with zero attached hydrogens (tertiary/aromatic N) is 4. The molecule has 31 heavy (non-hydrogen) atoms. The lowest BCUT2D eigenvalue weighted by molar-refractivity contribution is -0.136. The van der Waals surface area contributed by atoms with Crippen molar-refractivity contribution in [2.45, 2.75) is 32.7 Å². The van der Waals surface area contributed by atoms with Gasteiger partial charge in [-0.1, -0.05) is 44.2 Å². The van der Waals surface area contributed by atoms with Gasteiger partial charge < -0.3 is 15.1 Å². The summed E-state index contributed by atoms with van der Waals surface area (Å²) in [6.45, 7) is 6.35. The van der Waals surface area contributed by atoms with Crippen LogP contribution in [-0.2, 0) is 9.59 Å². The highest BCUT2D eigenvalue weighted by atomic mass is 16.2. The Morgan fingerprint density at radius 3 is 2.58 bits per heavy atom. The number of rotatable bonds is 6. The molecule has 0 spiro atoms. The molecule has 0 aliphatic carbocycles. The summed E-state index contributed by atoms with van der Waals surface area (Å²) in [6, 6.07) is 14.4. The topological polar surface area (TPSA) is 89.3 Å². The van der Waals surface area contributed by atoms with Gasteiger partial charge in [0.15, 0.2) is 0 Å². The van der Waals surface area contributed by atoms with Gasteiger partial charge in [0.05, 0.1) is 5.56 Å². The fourth-order valence-electron chi connectivity index (χ4n) is 3.79. The molecule has 2 amide bonds. The average Bonchev–Trinajstić information content (AvgIpc) is 3.03. The van der Waals surface area contributed by atoms with Crippen LogP contribution < -0.4 is 10.2 Å². The number of nitrogens with one attached hydrogen (secondary N) is 1. The van der Waals surface area contributed by atoms with Crippen molar-refractivity contribution in [2.24, 2.45) is 5.92 Å². The summed E-state index contributed by atoms with van der Waals surface area (Å²) < 4.78 is 0. The van der Waals surface area contributed by atoms with E-state index in [0.717, 1.165) is 12.0 Å². The molecule has 162 valence electrons. The Labute approximate surface area is 183 Å². The van der Waals surface area contributed by atoms with Crippen LogP contribution >= 0.6 is 0 Å². The number of hydrogen-bond donors (Lipinski definition) is 1. The summed E-state index contributed by atoms with van der Waals surface area (Å²) in [7, 11) is 0. The highest BCUT2D eigenvalue weighted by molar-refractivity contribution is 5.88. The molecule has 3 rings (SSSR count). The highest BCUT2D eigenvalue weighted by Gasteiger charge is 2.29. The summed E-state index contributed by atoms with van der Waals surface area (Å²) in [6.07, 6.45) is 2.81. The second kappa shape index (κ2) is 10.6. The Balaban J connectivity index is 1.75. The van der Waals surface area contributed by atoms with Crippen LogP contribution in [0.25, 0.3) is 0 Å². The summed E-state index contributed by atoms with van der Waals surface area (Å²) in [4.78, 5) is 34.2. The average molecular weight is 420 g/mol. The van der Waals surface area contributed by atoms with Crippen LogP contribution in [0.3, 0.4) is 0 Å². The summed E-state index contributed by atoms with van der Waals surface area (Å²) in [5.41, 5.74) is 1.31. The molecule has 1 aliphatic heterocycles. The predicted octanol–water partition coefficient (Wildman–Crippen LogP) is 2.90. The van der Waals surface area contributed by atoms with Crippen molar-refractivity contribution in [3.63, 3.8) is 0 Å². The van der Waals surface area contributed by atoms with Gasteiger partial charge in [0.2, 0.25) is 11.8 Å². The molecule has 1 atom stereocenters. The van der Waals surface area contributed by atoms with Gasteiger partial charge in [0, 0.05) is 38.8 Å². The summed E-state index contributed by atoms with van der Waals surface area (Å²) in [5.74, 6) is 0.641. The standard InChI is InChI=1S/C24H29N5O2/c1-18(2)16-21(30)27-22(19-8-4-3-5-9-19)24(31)29-13-7-12-28(14-15-29)23-20(17-25)10-6-11-26-23/h3-6,8-11,18,22H,7,12-16H2,1-2H3,(H,27,30). The molecule has 1 aromatic heterocycles. The first-order valence-corrected chi connectivity index (χ1v) is 10.7. The number of amides is 2. The van der Waals surface area contributed by atoms with Crippen LogP contribution in [-0.4, -0.2) is 47.9 Å². The maximum atomic E-state index is 13.5. The minimum absolute atomic E-state index is 0.105. The number of nitriles is 1. The highest BCUT2D eigenvalue weighted by Crippen LogP contribution is 2.21. The first-order valence-electron chi connectivity index (χ1n) is 10.7. The monoisotopic (exact) mass is 419 g/mol. The zero-order chi connectivity index (χ0) is 22.2. The molecular weight excluding hydrogens is 390 g/mol. The van der Waals surface area contributed by atoms with Gasteiger partial charge in [-0.2, -0.15) is 5.26 Å². The molecule has 1 aliphatic rings. The van der Waals surface area contributed by atoms with Crippen molar-refractivity contribution in [3.05, 3.63) is 59.8 Å². The summed E-state index contributed by atoms with van der Waals surface area (Å²) >= 11 is 0. The second-order valence-electron chi connectivity index (χ2n) is 8.16. The SMILES string of the molecule is CC(C)CC(=O)NC(C(=O)N1CCCN(c2ncccc2C#N)CC1)c1ccccc1. The number of pyridine rings is 1. The van der Waals surface area contributed by atoms with Gasteiger partial charge in [-0.15, -0.1) is 0 Å². The molecule has 1 unspecified atom stereocenters. The number of hydrogen-bond acceptors (Lipinski definition) is 5. The van der Waals surface area contributed by atoms with E-state index in [9.17, 15) is 14.9 Å². The van der Waals surface area contributed by atoms with Gasteiger partial charge in [-0.3, -0.25) is 9.59 Å². The fourth-order valence-corrected chi connectivity index (χ4v) is 3.79. The molecule has 1 N–H and O–H groups in total. The quantitative estimate of drug-likeness (QED) is 0.778. The van der Waals surface area contributed by atoms with Gasteiger partial charge >= 0.3 is 0 Å². The van der Waals surface area contributed by atoms with E-state index < -0.39 is 6.04 Å². The maximum absolute atomic E-state index is 13.5. The molecule has 0 saturated carbocycles. The molecule has 0 bridgehead atoms. The van der Waals surface area contributed by atoms with E-state index in [2.05, 4.69) is 21.3 Å². The van der Waals surface area contributed by atoms with Crippen molar-refractivity contribution in [1.29, 1.82) is 5.26 Å². The lowest BCUT2D eigenvalue weighted by atomic mass is 10.0. The van der Waals surface area contributed by atoms with Crippen molar-refractivity contribution in [2.75, 3.05) is 31.1 Å². The second-order valence-corrected chi connectivity index (χ2v) is 8.16. The largest absolute Gasteiger partial charge is 0.354 e. The third kappa shape index (κ3) is 5.82. The van der Waals surface area contributed by atoms with Crippen LogP contribution in [0.2, 0.25) is 0 Å². The van der Waals surface area contributed by atoms with Crippen LogP contribution in [0, 0.1) is 17.2 Å². The maximum Gasteiger partial charge on any atom is 0.249 e. The van der Waals surface area contributed by atoms with E-state index in [1.54, 1.807) is 18.3 Å². The van der Waals surface area contributed by atoms with Crippen LogP contribution in [0.1, 0.15) is 43.9 Å². The molecular formula is C24H29N5O2. The van der Waals surface area contributed by atoms with Crippen molar-refractivity contribution in [3.8, 4) is 6.07 Å². The molecule has 2 aromatic rings. The number of benzene rings is 1. The van der Waals surface area contributed by atoms with E-state index in [0.29, 0.717) is 44.0 Å². The van der Waals surface area contributed by atoms with Gasteiger partial charge in [-0.25, -0.2) is 4.98 Å². The Morgan fingerprint density at radius 1 is 1.10 bits per heavy atom. The molecule has 1 aromatic carbocycles. The third-order valence-electron chi connectivity index (χ3n) is 5.29. The molecule has 7 heteroatoms. The van der Waals surface area contributed by atoms with E-state index in [4.69, 9.17) is 0 Å². The Kier molecular flexibility index (Phi) is 7.60. The van der Waals surface area contributed by atoms with Crippen LogP contribution in [0.4, 0.5) is 5.82 Å².